The molecule has 0 aliphatic carbocycles. The first-order valence-corrected chi connectivity index (χ1v) is 9.89. The Hall–Kier alpha value is -3.28. The van der Waals surface area contributed by atoms with Crippen LogP contribution in [0.4, 0.5) is 0 Å². The van der Waals surface area contributed by atoms with Gasteiger partial charge in [-0.25, -0.2) is 0 Å². The Balaban J connectivity index is 1.53. The predicted octanol–water partition coefficient (Wildman–Crippen LogP) is 3.55. The fourth-order valence-corrected chi connectivity index (χ4v) is 3.31. The molecule has 0 aliphatic heterocycles. The van der Waals surface area contributed by atoms with E-state index in [1.54, 1.807) is 12.1 Å². The highest BCUT2D eigenvalue weighted by molar-refractivity contribution is 6.07. The summed E-state index contributed by atoms with van der Waals surface area (Å²) in [6, 6.07) is 14.1. The Bertz CT molecular complexity index is 1010. The predicted molar refractivity (Wildman–Crippen MR) is 114 cm³/mol. The summed E-state index contributed by atoms with van der Waals surface area (Å²) in [7, 11) is 0. The molecule has 1 heterocycles. The van der Waals surface area contributed by atoms with Gasteiger partial charge in [-0.1, -0.05) is 38.1 Å². The molecule has 0 bridgehead atoms. The zero-order valence-electron chi connectivity index (χ0n) is 16.8. The number of phenols is 1. The van der Waals surface area contributed by atoms with Crippen LogP contribution in [0.2, 0.25) is 0 Å². The minimum Gasteiger partial charge on any atom is -0.508 e. The number of nitrogens with one attached hydrogen (secondary N) is 2. The third-order valence-corrected chi connectivity index (χ3v) is 4.63. The fourth-order valence-electron chi connectivity index (χ4n) is 3.31. The van der Waals surface area contributed by atoms with Gasteiger partial charge in [-0.05, 0) is 36.6 Å². The Labute approximate surface area is 170 Å². The van der Waals surface area contributed by atoms with Crippen molar-refractivity contribution in [2.24, 2.45) is 5.92 Å². The van der Waals surface area contributed by atoms with E-state index in [0.717, 1.165) is 17.4 Å². The summed E-state index contributed by atoms with van der Waals surface area (Å²) in [5.74, 6) is 0.186. The lowest BCUT2D eigenvalue weighted by molar-refractivity contribution is 0.0952. The first-order valence-electron chi connectivity index (χ1n) is 9.89. The number of carbonyl (C=O) groups is 2. The maximum Gasteiger partial charge on any atom is 0.253 e. The Morgan fingerprint density at radius 2 is 1.72 bits per heavy atom. The van der Waals surface area contributed by atoms with Gasteiger partial charge in [-0.3, -0.25) is 9.59 Å². The Morgan fingerprint density at radius 1 is 1.00 bits per heavy atom. The lowest BCUT2D eigenvalue weighted by Gasteiger charge is -2.07. The zero-order chi connectivity index (χ0) is 20.8. The van der Waals surface area contributed by atoms with Gasteiger partial charge in [0.15, 0.2) is 0 Å². The third kappa shape index (κ3) is 5.16. The first-order chi connectivity index (χ1) is 14.0. The number of nitrogens with zero attached hydrogens (tertiary/aromatic N) is 1. The highest BCUT2D eigenvalue weighted by atomic mass is 16.3. The van der Waals surface area contributed by atoms with E-state index in [2.05, 4.69) is 29.0 Å². The van der Waals surface area contributed by atoms with Crippen LogP contribution in [0, 0.1) is 5.92 Å². The summed E-state index contributed by atoms with van der Waals surface area (Å²) in [5, 5.41) is 16.1. The number of para-hydroxylation sites is 1. The minimum absolute atomic E-state index is 0.0570. The number of aromatic nitrogens is 1. The van der Waals surface area contributed by atoms with Gasteiger partial charge in [0.2, 0.25) is 0 Å². The number of phenolic OH excluding ortho intramolecular Hbond substituents is 1. The number of rotatable bonds is 8. The SMILES string of the molecule is CC(C)Cn1cc(C(=O)NCCCNC(=O)c2cccc(O)c2)c2ccccc21. The molecule has 6 nitrogen and oxygen atoms in total. The van der Waals surface area contributed by atoms with Crippen LogP contribution in [-0.4, -0.2) is 34.6 Å². The average molecular weight is 393 g/mol. The van der Waals surface area contributed by atoms with Gasteiger partial charge in [0.25, 0.3) is 11.8 Å². The molecule has 2 aromatic carbocycles. The summed E-state index contributed by atoms with van der Waals surface area (Å²) in [5.41, 5.74) is 2.14. The molecular weight excluding hydrogens is 366 g/mol. The number of aromatic hydroxyl groups is 1. The van der Waals surface area contributed by atoms with Crippen LogP contribution < -0.4 is 10.6 Å². The summed E-state index contributed by atoms with van der Waals surface area (Å²) in [4.78, 5) is 24.7. The molecule has 2 amide bonds. The van der Waals surface area contributed by atoms with Crippen LogP contribution in [0.3, 0.4) is 0 Å². The number of hydrogen-bond donors (Lipinski definition) is 3. The van der Waals surface area contributed by atoms with Crippen LogP contribution in [-0.2, 0) is 6.54 Å². The van der Waals surface area contributed by atoms with Gasteiger partial charge in [0, 0.05) is 42.3 Å². The maximum absolute atomic E-state index is 12.7. The molecule has 0 saturated heterocycles. The Kier molecular flexibility index (Phi) is 6.54. The average Bonchev–Trinajstić information content (AvgIpc) is 3.05. The topological polar surface area (TPSA) is 83.4 Å². The molecule has 3 N–H and O–H groups in total. The fraction of sp³-hybridized carbons (Fsp3) is 0.304. The van der Waals surface area contributed by atoms with Crippen molar-refractivity contribution >= 4 is 22.7 Å². The van der Waals surface area contributed by atoms with E-state index in [9.17, 15) is 14.7 Å². The Morgan fingerprint density at radius 3 is 2.45 bits per heavy atom. The monoisotopic (exact) mass is 393 g/mol. The van der Waals surface area contributed by atoms with Crippen LogP contribution in [0.15, 0.2) is 54.7 Å². The molecule has 0 aliphatic rings. The zero-order valence-corrected chi connectivity index (χ0v) is 16.8. The third-order valence-electron chi connectivity index (χ3n) is 4.63. The molecule has 0 radical (unpaired) electrons. The van der Waals surface area contributed by atoms with Gasteiger partial charge < -0.3 is 20.3 Å². The van der Waals surface area contributed by atoms with Crippen molar-refractivity contribution in [3.8, 4) is 5.75 Å². The molecular formula is C23H27N3O3. The number of hydrogen-bond acceptors (Lipinski definition) is 3. The molecule has 6 heteroatoms. The molecule has 29 heavy (non-hydrogen) atoms. The van der Waals surface area contributed by atoms with Crippen LogP contribution >= 0.6 is 0 Å². The van der Waals surface area contributed by atoms with Crippen molar-refractivity contribution < 1.29 is 14.7 Å². The van der Waals surface area contributed by atoms with E-state index < -0.39 is 0 Å². The van der Waals surface area contributed by atoms with Crippen LogP contribution in [0.25, 0.3) is 10.9 Å². The standard InChI is InChI=1S/C23H27N3O3/c1-16(2)14-26-15-20(19-9-3-4-10-21(19)26)23(29)25-12-6-11-24-22(28)17-7-5-8-18(27)13-17/h3-5,7-10,13,15-16,27H,6,11-12,14H2,1-2H3,(H,24,28)(H,25,29). The molecule has 0 spiro atoms. The number of carbonyl (C=O) groups excluding carboxylic acids is 2. The molecule has 3 rings (SSSR count). The van der Waals surface area contributed by atoms with Crippen molar-refractivity contribution in [2.45, 2.75) is 26.8 Å². The molecule has 3 aromatic rings. The highest BCUT2D eigenvalue weighted by Gasteiger charge is 2.15. The second-order valence-electron chi connectivity index (χ2n) is 7.52. The van der Waals surface area contributed by atoms with Crippen molar-refractivity contribution in [1.82, 2.24) is 15.2 Å². The molecule has 0 atom stereocenters. The lowest BCUT2D eigenvalue weighted by Crippen LogP contribution is -2.29. The second-order valence-corrected chi connectivity index (χ2v) is 7.52. The van der Waals surface area contributed by atoms with Gasteiger partial charge >= 0.3 is 0 Å². The number of benzene rings is 2. The summed E-state index contributed by atoms with van der Waals surface area (Å²) in [6.07, 6.45) is 2.53. The van der Waals surface area contributed by atoms with Crippen LogP contribution in [0.5, 0.6) is 5.75 Å². The molecule has 152 valence electrons. The van der Waals surface area contributed by atoms with Crippen LogP contribution in [0.1, 0.15) is 41.0 Å². The van der Waals surface area contributed by atoms with Crippen molar-refractivity contribution in [2.75, 3.05) is 13.1 Å². The smallest absolute Gasteiger partial charge is 0.253 e. The van der Waals surface area contributed by atoms with Crippen molar-refractivity contribution in [1.29, 1.82) is 0 Å². The highest BCUT2D eigenvalue weighted by Crippen LogP contribution is 2.22. The second kappa shape index (κ2) is 9.28. The largest absolute Gasteiger partial charge is 0.508 e. The van der Waals surface area contributed by atoms with Gasteiger partial charge in [-0.2, -0.15) is 0 Å². The summed E-state index contributed by atoms with van der Waals surface area (Å²) in [6.45, 7) is 6.06. The number of amides is 2. The van der Waals surface area contributed by atoms with E-state index in [-0.39, 0.29) is 17.6 Å². The molecule has 0 fully saturated rings. The lowest BCUT2D eigenvalue weighted by atomic mass is 10.1. The molecule has 1 aromatic heterocycles. The van der Waals surface area contributed by atoms with E-state index in [1.165, 1.54) is 12.1 Å². The summed E-state index contributed by atoms with van der Waals surface area (Å²) < 4.78 is 2.13. The summed E-state index contributed by atoms with van der Waals surface area (Å²) >= 11 is 0. The van der Waals surface area contributed by atoms with Crippen molar-refractivity contribution in [3.63, 3.8) is 0 Å². The van der Waals surface area contributed by atoms with Gasteiger partial charge in [0.05, 0.1) is 5.56 Å². The molecule has 0 saturated carbocycles. The van der Waals surface area contributed by atoms with E-state index in [4.69, 9.17) is 0 Å². The van der Waals surface area contributed by atoms with Gasteiger partial charge in [-0.15, -0.1) is 0 Å². The number of fused-ring (bicyclic) bond motifs is 1. The quantitative estimate of drug-likeness (QED) is 0.512. The first kappa shape index (κ1) is 20.5. The minimum atomic E-state index is -0.246. The maximum atomic E-state index is 12.7. The molecule has 0 unspecified atom stereocenters. The van der Waals surface area contributed by atoms with E-state index in [1.807, 2.05) is 30.5 Å². The normalized spacial score (nSPS) is 11.0. The van der Waals surface area contributed by atoms with E-state index >= 15 is 0 Å². The van der Waals surface area contributed by atoms with E-state index in [0.29, 0.717) is 36.6 Å². The van der Waals surface area contributed by atoms with Crippen molar-refractivity contribution in [3.05, 3.63) is 65.9 Å². The van der Waals surface area contributed by atoms with Gasteiger partial charge in [0.1, 0.15) is 5.75 Å².